The van der Waals surface area contributed by atoms with Crippen LogP contribution in [-0.2, 0) is 9.53 Å². The molecule has 2 unspecified atom stereocenters. The van der Waals surface area contributed by atoms with Gasteiger partial charge in [-0.25, -0.2) is 4.79 Å². The van der Waals surface area contributed by atoms with Crippen LogP contribution in [0.1, 0.15) is 29.0 Å². The van der Waals surface area contributed by atoms with Crippen LogP contribution in [0.15, 0.2) is 22.6 Å². The third kappa shape index (κ3) is 3.25. The molecule has 2 N–H and O–H groups in total. The van der Waals surface area contributed by atoms with Gasteiger partial charge in [-0.3, -0.25) is 4.79 Å². The van der Waals surface area contributed by atoms with Gasteiger partial charge in [0, 0.05) is 28.5 Å². The van der Waals surface area contributed by atoms with Gasteiger partial charge >= 0.3 is 5.97 Å². The second-order valence-corrected chi connectivity index (χ2v) is 6.40. The first-order valence-corrected chi connectivity index (χ1v) is 8.15. The van der Waals surface area contributed by atoms with E-state index in [-0.39, 0.29) is 11.7 Å². The molecule has 1 aliphatic rings. The van der Waals surface area contributed by atoms with Gasteiger partial charge in [-0.2, -0.15) is 0 Å². The zero-order valence-electron chi connectivity index (χ0n) is 13.2. The third-order valence-electron chi connectivity index (χ3n) is 4.32. The SMILES string of the molecule is Cc1c(C(=O)NC(C(=O)O)C2CCCOC2)oc2ccc(Cl)cc12. The predicted molar refractivity (Wildman–Crippen MR) is 88.4 cm³/mol. The van der Waals surface area contributed by atoms with E-state index in [4.69, 9.17) is 20.8 Å². The Morgan fingerprint density at radius 2 is 2.21 bits per heavy atom. The smallest absolute Gasteiger partial charge is 0.326 e. The van der Waals surface area contributed by atoms with Crippen molar-refractivity contribution in [3.63, 3.8) is 0 Å². The number of benzene rings is 1. The van der Waals surface area contributed by atoms with Crippen LogP contribution in [0.2, 0.25) is 5.02 Å². The second kappa shape index (κ2) is 6.83. The Balaban J connectivity index is 1.85. The van der Waals surface area contributed by atoms with E-state index in [2.05, 4.69) is 5.32 Å². The lowest BCUT2D eigenvalue weighted by Gasteiger charge is -2.27. The summed E-state index contributed by atoms with van der Waals surface area (Å²) in [6, 6.07) is 4.07. The number of hydrogen-bond acceptors (Lipinski definition) is 4. The minimum Gasteiger partial charge on any atom is -0.480 e. The number of carbonyl (C=O) groups excluding carboxylic acids is 1. The number of carboxylic acid groups (broad SMARTS) is 1. The van der Waals surface area contributed by atoms with Gasteiger partial charge in [0.05, 0.1) is 6.61 Å². The molecule has 2 aromatic rings. The van der Waals surface area contributed by atoms with Crippen molar-refractivity contribution in [3.8, 4) is 0 Å². The van der Waals surface area contributed by atoms with Crippen LogP contribution in [0, 0.1) is 12.8 Å². The number of hydrogen-bond donors (Lipinski definition) is 2. The molecular formula is C17H18ClNO5. The highest BCUT2D eigenvalue weighted by Gasteiger charge is 2.32. The summed E-state index contributed by atoms with van der Waals surface area (Å²) in [5, 5.41) is 13.3. The number of amides is 1. The summed E-state index contributed by atoms with van der Waals surface area (Å²) < 4.78 is 10.9. The molecule has 1 fully saturated rings. The number of ether oxygens (including phenoxy) is 1. The van der Waals surface area contributed by atoms with E-state index in [0.29, 0.717) is 35.8 Å². The Kier molecular flexibility index (Phi) is 4.78. The first kappa shape index (κ1) is 16.8. The van der Waals surface area contributed by atoms with E-state index in [1.165, 1.54) is 0 Å². The summed E-state index contributed by atoms with van der Waals surface area (Å²) in [6.45, 7) is 2.70. The van der Waals surface area contributed by atoms with E-state index >= 15 is 0 Å². The maximum absolute atomic E-state index is 12.5. The van der Waals surface area contributed by atoms with Crippen molar-refractivity contribution in [2.45, 2.75) is 25.8 Å². The normalized spacial score (nSPS) is 19.2. The number of carbonyl (C=O) groups is 2. The lowest BCUT2D eigenvalue weighted by Crippen LogP contribution is -2.48. The Morgan fingerprint density at radius 3 is 2.88 bits per heavy atom. The summed E-state index contributed by atoms with van der Waals surface area (Å²) >= 11 is 5.97. The van der Waals surface area contributed by atoms with Crippen LogP contribution in [0.5, 0.6) is 0 Å². The number of aryl methyl sites for hydroxylation is 1. The fourth-order valence-corrected chi connectivity index (χ4v) is 3.20. The average molecular weight is 352 g/mol. The molecule has 2 heterocycles. The highest BCUT2D eigenvalue weighted by atomic mass is 35.5. The van der Waals surface area contributed by atoms with E-state index in [1.807, 2.05) is 0 Å². The van der Waals surface area contributed by atoms with Gasteiger partial charge in [-0.1, -0.05) is 11.6 Å². The molecule has 2 atom stereocenters. The Labute approximate surface area is 143 Å². The maximum atomic E-state index is 12.5. The quantitative estimate of drug-likeness (QED) is 0.883. The fraction of sp³-hybridized carbons (Fsp3) is 0.412. The summed E-state index contributed by atoms with van der Waals surface area (Å²) in [5.74, 6) is -1.76. The van der Waals surface area contributed by atoms with Crippen molar-refractivity contribution >= 4 is 34.4 Å². The monoisotopic (exact) mass is 351 g/mol. The van der Waals surface area contributed by atoms with E-state index < -0.39 is 17.9 Å². The van der Waals surface area contributed by atoms with Crippen LogP contribution in [0.4, 0.5) is 0 Å². The molecule has 7 heteroatoms. The van der Waals surface area contributed by atoms with Gasteiger partial charge < -0.3 is 19.6 Å². The number of aliphatic carboxylic acids is 1. The molecule has 1 aromatic heterocycles. The van der Waals surface area contributed by atoms with Crippen LogP contribution in [0.25, 0.3) is 11.0 Å². The van der Waals surface area contributed by atoms with E-state index in [0.717, 1.165) is 11.8 Å². The minimum absolute atomic E-state index is 0.107. The van der Waals surface area contributed by atoms with Gasteiger partial charge in [-0.15, -0.1) is 0 Å². The summed E-state index contributed by atoms with van der Waals surface area (Å²) in [4.78, 5) is 24.1. The van der Waals surface area contributed by atoms with E-state index in [1.54, 1.807) is 25.1 Å². The zero-order chi connectivity index (χ0) is 17.3. The molecule has 0 aliphatic carbocycles. The molecule has 0 radical (unpaired) electrons. The molecule has 0 bridgehead atoms. The predicted octanol–water partition coefficient (Wildman–Crippen LogP) is 3.00. The third-order valence-corrected chi connectivity index (χ3v) is 4.56. The molecule has 128 valence electrons. The minimum atomic E-state index is -1.07. The molecule has 24 heavy (non-hydrogen) atoms. The maximum Gasteiger partial charge on any atom is 0.326 e. The molecule has 1 aliphatic heterocycles. The Morgan fingerprint density at radius 1 is 1.42 bits per heavy atom. The summed E-state index contributed by atoms with van der Waals surface area (Å²) in [7, 11) is 0. The molecule has 0 saturated carbocycles. The standard InChI is InChI=1S/C17H18ClNO5/c1-9-12-7-11(18)4-5-13(12)24-15(9)16(20)19-14(17(21)22)10-3-2-6-23-8-10/h4-5,7,10,14H,2-3,6,8H2,1H3,(H,19,20)(H,21,22). The van der Waals surface area contributed by atoms with Crippen molar-refractivity contribution in [1.82, 2.24) is 5.32 Å². The number of carboxylic acids is 1. The van der Waals surface area contributed by atoms with Crippen molar-refractivity contribution < 1.29 is 23.8 Å². The first-order valence-electron chi connectivity index (χ1n) is 7.77. The van der Waals surface area contributed by atoms with Gasteiger partial charge in [0.25, 0.3) is 5.91 Å². The van der Waals surface area contributed by atoms with Crippen LogP contribution in [-0.4, -0.2) is 36.2 Å². The number of rotatable bonds is 4. The molecular weight excluding hydrogens is 334 g/mol. The van der Waals surface area contributed by atoms with Crippen molar-refractivity contribution in [1.29, 1.82) is 0 Å². The molecule has 1 saturated heterocycles. The van der Waals surface area contributed by atoms with Crippen LogP contribution < -0.4 is 5.32 Å². The van der Waals surface area contributed by atoms with Gasteiger partial charge in [0.1, 0.15) is 11.6 Å². The first-order chi connectivity index (χ1) is 11.5. The van der Waals surface area contributed by atoms with Crippen molar-refractivity contribution in [2.24, 2.45) is 5.92 Å². The topological polar surface area (TPSA) is 88.8 Å². The number of furan rings is 1. The lowest BCUT2D eigenvalue weighted by atomic mass is 9.93. The van der Waals surface area contributed by atoms with Crippen molar-refractivity contribution in [2.75, 3.05) is 13.2 Å². The van der Waals surface area contributed by atoms with Crippen LogP contribution in [0.3, 0.4) is 0 Å². The van der Waals surface area contributed by atoms with Crippen molar-refractivity contribution in [3.05, 3.63) is 34.5 Å². The highest BCUT2D eigenvalue weighted by Crippen LogP contribution is 2.28. The lowest BCUT2D eigenvalue weighted by molar-refractivity contribution is -0.142. The molecule has 1 aromatic carbocycles. The zero-order valence-corrected chi connectivity index (χ0v) is 13.9. The van der Waals surface area contributed by atoms with Gasteiger partial charge in [-0.05, 0) is 38.0 Å². The summed E-state index contributed by atoms with van der Waals surface area (Å²) in [5.41, 5.74) is 1.17. The Hall–Kier alpha value is -2.05. The molecule has 0 spiro atoms. The second-order valence-electron chi connectivity index (χ2n) is 5.96. The van der Waals surface area contributed by atoms with Gasteiger partial charge in [0.2, 0.25) is 0 Å². The molecule has 3 rings (SSSR count). The average Bonchev–Trinajstić information content (AvgIpc) is 2.89. The Bertz CT molecular complexity index is 779. The van der Waals surface area contributed by atoms with Crippen LogP contribution >= 0.6 is 11.6 Å². The molecule has 6 nitrogen and oxygen atoms in total. The highest BCUT2D eigenvalue weighted by molar-refractivity contribution is 6.31. The van der Waals surface area contributed by atoms with Gasteiger partial charge in [0.15, 0.2) is 5.76 Å². The largest absolute Gasteiger partial charge is 0.480 e. The fourth-order valence-electron chi connectivity index (χ4n) is 3.03. The number of nitrogens with one attached hydrogen (secondary N) is 1. The molecule has 1 amide bonds. The summed E-state index contributed by atoms with van der Waals surface area (Å²) in [6.07, 6.45) is 1.48. The van der Waals surface area contributed by atoms with E-state index in [9.17, 15) is 14.7 Å². The number of fused-ring (bicyclic) bond motifs is 1. The number of halogens is 1.